The molecule has 0 radical (unpaired) electrons. The number of carbonyl (C=O) groups is 1. The van der Waals surface area contributed by atoms with Crippen molar-refractivity contribution in [2.24, 2.45) is 0 Å². The summed E-state index contributed by atoms with van der Waals surface area (Å²) in [5.41, 5.74) is 0.709. The lowest BCUT2D eigenvalue weighted by Crippen LogP contribution is -2.53. The Labute approximate surface area is 218 Å². The van der Waals surface area contributed by atoms with Crippen LogP contribution >= 0.6 is 12.4 Å². The first kappa shape index (κ1) is 28.6. The van der Waals surface area contributed by atoms with Crippen molar-refractivity contribution in [2.75, 3.05) is 25.2 Å². The number of hydrogen-bond acceptors (Lipinski definition) is 7. The molecular formula is C25H37ClN4O5S. The summed E-state index contributed by atoms with van der Waals surface area (Å²) in [6.07, 6.45) is 4.00. The maximum absolute atomic E-state index is 13.2. The zero-order chi connectivity index (χ0) is 25.3. The fourth-order valence-electron chi connectivity index (χ4n) is 5.63. The summed E-state index contributed by atoms with van der Waals surface area (Å²) < 4.78 is 24.2. The predicted molar refractivity (Wildman–Crippen MR) is 144 cm³/mol. The standard InChI is InChI=1S/C25H36N4O5S.ClH/c1-16(2)29-23-7-5-4-6-17(23)10-22(25(29)32)24(31)27-18-11-19-8-9-20(12-18)28(19)14-21(30)13-26-15-35(3,33)34;/h4-7,10,16,18-21,26,30H,8-9,11-15H2,1-3H3,(H,27,31);1H/t18?,19-,20+,21-;/m1./s1. The fraction of sp³-hybridized carbons (Fsp3) is 0.600. The van der Waals surface area contributed by atoms with Gasteiger partial charge in [-0.3, -0.25) is 14.5 Å². The average molecular weight is 541 g/mol. The topological polar surface area (TPSA) is 121 Å². The Bertz CT molecular complexity index is 1230. The van der Waals surface area contributed by atoms with Gasteiger partial charge in [0.2, 0.25) is 0 Å². The van der Waals surface area contributed by atoms with Crippen LogP contribution in [0.2, 0.25) is 0 Å². The Balaban J connectivity index is 0.00000361. The molecule has 4 atom stereocenters. The molecule has 2 aliphatic rings. The molecule has 1 unspecified atom stereocenters. The molecule has 4 rings (SSSR count). The molecule has 200 valence electrons. The van der Waals surface area contributed by atoms with Crippen molar-refractivity contribution in [3.63, 3.8) is 0 Å². The maximum Gasteiger partial charge on any atom is 0.264 e. The molecule has 9 nitrogen and oxygen atoms in total. The second kappa shape index (κ2) is 11.6. The summed E-state index contributed by atoms with van der Waals surface area (Å²) in [5, 5.41) is 17.2. The van der Waals surface area contributed by atoms with Gasteiger partial charge in [-0.15, -0.1) is 12.4 Å². The van der Waals surface area contributed by atoms with Crippen molar-refractivity contribution in [2.45, 2.75) is 69.8 Å². The average Bonchev–Trinajstić information content (AvgIpc) is 2.99. The van der Waals surface area contributed by atoms with Gasteiger partial charge in [-0.1, -0.05) is 18.2 Å². The predicted octanol–water partition coefficient (Wildman–Crippen LogP) is 1.68. The van der Waals surface area contributed by atoms with E-state index in [1.54, 1.807) is 10.6 Å². The Morgan fingerprint density at radius 1 is 1.17 bits per heavy atom. The van der Waals surface area contributed by atoms with E-state index in [1.807, 2.05) is 38.1 Å². The number of piperidine rings is 1. The van der Waals surface area contributed by atoms with Gasteiger partial charge >= 0.3 is 0 Å². The molecule has 1 aromatic carbocycles. The molecule has 11 heteroatoms. The van der Waals surface area contributed by atoms with Crippen LogP contribution in [-0.2, 0) is 9.84 Å². The van der Waals surface area contributed by atoms with Crippen LogP contribution in [0.15, 0.2) is 35.1 Å². The third kappa shape index (κ3) is 6.47. The number of benzene rings is 1. The molecule has 1 aromatic heterocycles. The van der Waals surface area contributed by atoms with E-state index >= 15 is 0 Å². The highest BCUT2D eigenvalue weighted by atomic mass is 35.5. The van der Waals surface area contributed by atoms with Gasteiger partial charge < -0.3 is 20.3 Å². The number of aromatic nitrogens is 1. The van der Waals surface area contributed by atoms with E-state index in [-0.39, 0.29) is 66.0 Å². The minimum absolute atomic E-state index is 0. The van der Waals surface area contributed by atoms with Gasteiger partial charge in [0, 0.05) is 43.5 Å². The van der Waals surface area contributed by atoms with E-state index in [0.717, 1.165) is 42.8 Å². The number of halogens is 1. The second-order valence-corrected chi connectivity index (χ2v) is 12.4. The van der Waals surface area contributed by atoms with Crippen LogP contribution in [0, 0.1) is 0 Å². The smallest absolute Gasteiger partial charge is 0.264 e. The van der Waals surface area contributed by atoms with E-state index in [4.69, 9.17) is 0 Å². The minimum atomic E-state index is -3.13. The van der Waals surface area contributed by atoms with Crippen LogP contribution in [0.25, 0.3) is 10.9 Å². The summed E-state index contributed by atoms with van der Waals surface area (Å²) in [5.74, 6) is -0.490. The number of nitrogens with zero attached hydrogens (tertiary/aromatic N) is 2. The SMILES string of the molecule is CC(C)n1c(=O)c(C(=O)NC2C[C@H]3CC[C@@H](C2)N3C[C@H](O)CNCS(C)(=O)=O)cc2ccccc21.Cl. The van der Waals surface area contributed by atoms with E-state index in [1.165, 1.54) is 0 Å². The molecule has 1 amide bonds. The first-order chi connectivity index (χ1) is 16.5. The van der Waals surface area contributed by atoms with Crippen LogP contribution in [0.4, 0.5) is 0 Å². The van der Waals surface area contributed by atoms with Gasteiger partial charge in [-0.25, -0.2) is 8.42 Å². The number of fused-ring (bicyclic) bond motifs is 3. The molecular weight excluding hydrogens is 504 g/mol. The molecule has 2 saturated heterocycles. The van der Waals surface area contributed by atoms with Crippen molar-refractivity contribution in [1.29, 1.82) is 0 Å². The molecule has 36 heavy (non-hydrogen) atoms. The second-order valence-electron chi connectivity index (χ2n) is 10.3. The molecule has 2 aliphatic heterocycles. The zero-order valence-electron chi connectivity index (χ0n) is 21.0. The van der Waals surface area contributed by atoms with E-state index in [0.29, 0.717) is 6.54 Å². The first-order valence-corrected chi connectivity index (χ1v) is 14.4. The number of carbonyl (C=O) groups excluding carboxylic acids is 1. The summed E-state index contributed by atoms with van der Waals surface area (Å²) in [4.78, 5) is 28.7. The monoisotopic (exact) mass is 540 g/mol. The maximum atomic E-state index is 13.2. The third-order valence-electron chi connectivity index (χ3n) is 7.09. The molecule has 3 heterocycles. The Hall–Kier alpha value is -1.98. The van der Waals surface area contributed by atoms with Crippen LogP contribution < -0.4 is 16.2 Å². The van der Waals surface area contributed by atoms with Gasteiger partial charge in [0.15, 0.2) is 9.84 Å². The highest BCUT2D eigenvalue weighted by Gasteiger charge is 2.41. The summed E-state index contributed by atoms with van der Waals surface area (Å²) in [7, 11) is -3.13. The molecule has 2 bridgehead atoms. The lowest BCUT2D eigenvalue weighted by Gasteiger charge is -2.40. The molecule has 0 saturated carbocycles. The van der Waals surface area contributed by atoms with E-state index in [9.17, 15) is 23.1 Å². The van der Waals surface area contributed by atoms with Crippen LogP contribution in [0.1, 0.15) is 55.9 Å². The molecule has 0 aliphatic carbocycles. The number of hydrogen-bond donors (Lipinski definition) is 3. The number of pyridine rings is 1. The van der Waals surface area contributed by atoms with Gasteiger partial charge in [0.1, 0.15) is 5.56 Å². The van der Waals surface area contributed by atoms with Gasteiger partial charge in [-0.2, -0.15) is 0 Å². The van der Waals surface area contributed by atoms with E-state index < -0.39 is 15.9 Å². The number of para-hydroxylation sites is 1. The van der Waals surface area contributed by atoms with Gasteiger partial charge in [-0.05, 0) is 57.0 Å². The van der Waals surface area contributed by atoms with Crippen molar-refractivity contribution < 1.29 is 18.3 Å². The van der Waals surface area contributed by atoms with Crippen LogP contribution in [-0.4, -0.2) is 78.4 Å². The van der Waals surface area contributed by atoms with E-state index in [2.05, 4.69) is 15.5 Å². The number of aliphatic hydroxyl groups excluding tert-OH is 1. The lowest BCUT2D eigenvalue weighted by molar-refractivity contribution is 0.0509. The minimum Gasteiger partial charge on any atom is -0.390 e. The number of nitrogens with one attached hydrogen (secondary N) is 2. The quantitative estimate of drug-likeness (QED) is 0.442. The highest BCUT2D eigenvalue weighted by molar-refractivity contribution is 7.90. The van der Waals surface area contributed by atoms with Gasteiger partial charge in [0.25, 0.3) is 11.5 Å². The molecule has 2 fully saturated rings. The third-order valence-corrected chi connectivity index (χ3v) is 7.82. The molecule has 0 spiro atoms. The first-order valence-electron chi connectivity index (χ1n) is 12.3. The zero-order valence-corrected chi connectivity index (χ0v) is 22.6. The summed E-state index contributed by atoms with van der Waals surface area (Å²) >= 11 is 0. The van der Waals surface area contributed by atoms with Crippen molar-refractivity contribution in [3.05, 3.63) is 46.2 Å². The largest absolute Gasteiger partial charge is 0.390 e. The summed E-state index contributed by atoms with van der Waals surface area (Å²) in [6, 6.07) is 9.68. The van der Waals surface area contributed by atoms with Gasteiger partial charge in [0.05, 0.1) is 17.5 Å². The highest BCUT2D eigenvalue weighted by Crippen LogP contribution is 2.35. The lowest BCUT2D eigenvalue weighted by atomic mass is 9.96. The van der Waals surface area contributed by atoms with Crippen molar-refractivity contribution in [1.82, 2.24) is 20.1 Å². The number of sulfone groups is 1. The molecule has 3 N–H and O–H groups in total. The molecule has 2 aromatic rings. The normalized spacial score (nSPS) is 23.0. The van der Waals surface area contributed by atoms with Crippen molar-refractivity contribution >= 4 is 39.1 Å². The van der Waals surface area contributed by atoms with Crippen molar-refractivity contribution in [3.8, 4) is 0 Å². The van der Waals surface area contributed by atoms with Crippen LogP contribution in [0.3, 0.4) is 0 Å². The fourth-order valence-corrected chi connectivity index (χ4v) is 6.12. The Morgan fingerprint density at radius 2 is 1.81 bits per heavy atom. The number of amides is 1. The Morgan fingerprint density at radius 3 is 2.42 bits per heavy atom. The van der Waals surface area contributed by atoms with Crippen LogP contribution in [0.5, 0.6) is 0 Å². The Kier molecular flexibility index (Phi) is 9.21. The number of rotatable bonds is 9. The summed E-state index contributed by atoms with van der Waals surface area (Å²) in [6.45, 7) is 4.56. The number of aliphatic hydroxyl groups is 1.